The maximum Gasteiger partial charge on any atom is 0.308 e. The zero-order chi connectivity index (χ0) is 17.6. The Kier molecular flexibility index (Phi) is 5.63. The van der Waals surface area contributed by atoms with Crippen molar-refractivity contribution in [2.24, 2.45) is 0 Å². The van der Waals surface area contributed by atoms with Gasteiger partial charge in [0.2, 0.25) is 0 Å². The quantitative estimate of drug-likeness (QED) is 0.458. The molecular weight excluding hydrogens is 364 g/mol. The van der Waals surface area contributed by atoms with Crippen LogP contribution in [0.3, 0.4) is 0 Å². The first-order chi connectivity index (χ1) is 12.1. The molecule has 25 heavy (non-hydrogen) atoms. The van der Waals surface area contributed by atoms with Crippen LogP contribution in [0.1, 0.15) is 11.1 Å². The van der Waals surface area contributed by atoms with E-state index in [0.717, 1.165) is 4.90 Å². The average molecular weight is 376 g/mol. The number of benzene rings is 2. The summed E-state index contributed by atoms with van der Waals surface area (Å²) >= 11 is 7.31. The molecule has 0 spiro atoms. The lowest BCUT2D eigenvalue weighted by atomic mass is 10.1. The van der Waals surface area contributed by atoms with Gasteiger partial charge >= 0.3 is 6.08 Å². The summed E-state index contributed by atoms with van der Waals surface area (Å²) in [5.41, 5.74) is 1.64. The second-order valence-electron chi connectivity index (χ2n) is 4.99. The van der Waals surface area contributed by atoms with Crippen molar-refractivity contribution in [3.05, 3.63) is 82.9 Å². The average Bonchev–Trinajstić information content (AvgIpc) is 2.62. The van der Waals surface area contributed by atoms with Gasteiger partial charge in [0.1, 0.15) is 5.82 Å². The third kappa shape index (κ3) is 4.78. The standard InChI is InChI=1S/C18H12ClF2N3S/c19-14-3-1-2-4-17(14)25-24-16-8-7-12(9-15(16)20)5-6-13-10-22-18(21)23-11-13/h1-11,24H/b6-5+. The molecule has 0 aliphatic heterocycles. The minimum absolute atomic E-state index is 0.354. The number of aromatic nitrogens is 2. The van der Waals surface area contributed by atoms with Crippen LogP contribution in [0.25, 0.3) is 12.2 Å². The van der Waals surface area contributed by atoms with Gasteiger partial charge in [-0.25, -0.2) is 14.4 Å². The van der Waals surface area contributed by atoms with E-state index in [4.69, 9.17) is 11.6 Å². The summed E-state index contributed by atoms with van der Waals surface area (Å²) in [7, 11) is 0. The molecule has 1 aromatic heterocycles. The van der Waals surface area contributed by atoms with E-state index < -0.39 is 11.9 Å². The summed E-state index contributed by atoms with van der Waals surface area (Å²) in [6.45, 7) is 0. The van der Waals surface area contributed by atoms with Gasteiger partial charge in [-0.05, 0) is 41.8 Å². The van der Waals surface area contributed by atoms with Crippen LogP contribution in [-0.4, -0.2) is 9.97 Å². The van der Waals surface area contributed by atoms with Crippen LogP contribution in [0.5, 0.6) is 0 Å². The highest BCUT2D eigenvalue weighted by Gasteiger charge is 2.05. The van der Waals surface area contributed by atoms with Crippen LogP contribution in [0.15, 0.2) is 59.8 Å². The van der Waals surface area contributed by atoms with Gasteiger partial charge in [0.25, 0.3) is 0 Å². The summed E-state index contributed by atoms with van der Waals surface area (Å²) in [6, 6.07) is 12.1. The molecule has 2 aromatic carbocycles. The second-order valence-corrected chi connectivity index (χ2v) is 6.25. The molecule has 7 heteroatoms. The first-order valence-electron chi connectivity index (χ1n) is 7.24. The van der Waals surface area contributed by atoms with Crippen molar-refractivity contribution in [3.63, 3.8) is 0 Å². The smallest absolute Gasteiger partial charge is 0.308 e. The number of anilines is 1. The van der Waals surface area contributed by atoms with Crippen molar-refractivity contribution in [1.82, 2.24) is 9.97 Å². The lowest BCUT2D eigenvalue weighted by Gasteiger charge is -2.08. The largest absolute Gasteiger partial charge is 0.323 e. The first kappa shape index (κ1) is 17.4. The van der Waals surface area contributed by atoms with Gasteiger partial charge in [0, 0.05) is 22.9 Å². The van der Waals surface area contributed by atoms with E-state index in [1.54, 1.807) is 30.4 Å². The fourth-order valence-electron chi connectivity index (χ4n) is 1.96. The van der Waals surface area contributed by atoms with Crippen molar-refractivity contribution in [2.45, 2.75) is 4.90 Å². The Morgan fingerprint density at radius 1 is 0.960 bits per heavy atom. The van der Waals surface area contributed by atoms with Gasteiger partial charge in [-0.3, -0.25) is 0 Å². The third-order valence-corrected chi connectivity index (χ3v) is 4.55. The van der Waals surface area contributed by atoms with E-state index in [-0.39, 0.29) is 0 Å². The van der Waals surface area contributed by atoms with E-state index >= 15 is 0 Å². The zero-order valence-corrected chi connectivity index (χ0v) is 14.4. The molecule has 0 atom stereocenters. The molecule has 3 rings (SSSR count). The second kappa shape index (κ2) is 8.09. The Morgan fingerprint density at radius 3 is 2.40 bits per heavy atom. The molecule has 0 saturated carbocycles. The van der Waals surface area contributed by atoms with Crippen molar-refractivity contribution >= 4 is 41.4 Å². The minimum Gasteiger partial charge on any atom is -0.323 e. The van der Waals surface area contributed by atoms with E-state index in [0.29, 0.717) is 21.8 Å². The van der Waals surface area contributed by atoms with Gasteiger partial charge in [0.05, 0.1) is 10.7 Å². The fourth-order valence-corrected chi connectivity index (χ4v) is 2.91. The van der Waals surface area contributed by atoms with Gasteiger partial charge in [-0.1, -0.05) is 42.0 Å². The monoisotopic (exact) mass is 375 g/mol. The number of rotatable bonds is 5. The van der Waals surface area contributed by atoms with Crippen LogP contribution >= 0.6 is 23.5 Å². The summed E-state index contributed by atoms with van der Waals surface area (Å²) in [4.78, 5) is 7.72. The van der Waals surface area contributed by atoms with E-state index in [1.807, 2.05) is 18.2 Å². The summed E-state index contributed by atoms with van der Waals surface area (Å²) in [5, 5.41) is 0.599. The van der Waals surface area contributed by atoms with Gasteiger partial charge in [-0.2, -0.15) is 4.39 Å². The lowest BCUT2D eigenvalue weighted by molar-refractivity contribution is 0.538. The number of hydrogen-bond acceptors (Lipinski definition) is 4. The highest BCUT2D eigenvalue weighted by Crippen LogP contribution is 2.29. The molecule has 1 heterocycles. The third-order valence-electron chi connectivity index (χ3n) is 3.21. The van der Waals surface area contributed by atoms with Crippen LogP contribution in [0.4, 0.5) is 14.5 Å². The van der Waals surface area contributed by atoms with E-state index in [2.05, 4.69) is 14.7 Å². The number of hydrogen-bond donors (Lipinski definition) is 1. The van der Waals surface area contributed by atoms with Crippen molar-refractivity contribution < 1.29 is 8.78 Å². The summed E-state index contributed by atoms with van der Waals surface area (Å²) < 4.78 is 29.8. The molecule has 1 N–H and O–H groups in total. The van der Waals surface area contributed by atoms with Crippen LogP contribution < -0.4 is 4.72 Å². The first-order valence-corrected chi connectivity index (χ1v) is 8.44. The van der Waals surface area contributed by atoms with E-state index in [9.17, 15) is 8.78 Å². The zero-order valence-electron chi connectivity index (χ0n) is 12.8. The number of nitrogens with one attached hydrogen (secondary N) is 1. The molecule has 0 radical (unpaired) electrons. The summed E-state index contributed by atoms with van der Waals surface area (Å²) in [6.07, 6.45) is 5.30. The Hall–Kier alpha value is -2.44. The number of nitrogens with zero attached hydrogens (tertiary/aromatic N) is 2. The SMILES string of the molecule is Fc1ncc(/C=C/c2ccc(NSc3ccccc3Cl)c(F)c2)cn1. The molecule has 0 aliphatic carbocycles. The van der Waals surface area contributed by atoms with Crippen molar-refractivity contribution in [3.8, 4) is 0 Å². The fraction of sp³-hybridized carbons (Fsp3) is 0. The van der Waals surface area contributed by atoms with Gasteiger partial charge in [0.15, 0.2) is 0 Å². The molecule has 0 amide bonds. The maximum atomic E-state index is 14.2. The predicted octanol–water partition coefficient (Wildman–Crippen LogP) is 5.70. The van der Waals surface area contributed by atoms with Crippen LogP contribution in [0, 0.1) is 11.9 Å². The predicted molar refractivity (Wildman–Crippen MR) is 98.2 cm³/mol. The van der Waals surface area contributed by atoms with Gasteiger partial charge < -0.3 is 4.72 Å². The molecule has 3 aromatic rings. The molecule has 3 nitrogen and oxygen atoms in total. The molecular formula is C18H12ClF2N3S. The topological polar surface area (TPSA) is 37.8 Å². The Morgan fingerprint density at radius 2 is 1.68 bits per heavy atom. The maximum absolute atomic E-state index is 14.2. The van der Waals surface area contributed by atoms with Crippen LogP contribution in [-0.2, 0) is 0 Å². The molecule has 0 bridgehead atoms. The Balaban J connectivity index is 1.68. The van der Waals surface area contributed by atoms with Crippen molar-refractivity contribution in [1.29, 1.82) is 0 Å². The Bertz CT molecular complexity index is 901. The number of halogens is 3. The van der Waals surface area contributed by atoms with Gasteiger partial charge in [-0.15, -0.1) is 0 Å². The lowest BCUT2D eigenvalue weighted by Crippen LogP contribution is -1.92. The molecule has 0 fully saturated rings. The molecule has 0 aliphatic rings. The Labute approximate surface area is 152 Å². The van der Waals surface area contributed by atoms with E-state index in [1.165, 1.54) is 30.4 Å². The highest BCUT2D eigenvalue weighted by atomic mass is 35.5. The summed E-state index contributed by atoms with van der Waals surface area (Å²) in [5.74, 6) is -0.392. The highest BCUT2D eigenvalue weighted by molar-refractivity contribution is 8.00. The molecule has 126 valence electrons. The molecule has 0 saturated heterocycles. The van der Waals surface area contributed by atoms with Crippen LogP contribution in [0.2, 0.25) is 5.02 Å². The molecule has 0 unspecified atom stereocenters. The minimum atomic E-state index is -0.783. The van der Waals surface area contributed by atoms with Crippen molar-refractivity contribution in [2.75, 3.05) is 4.72 Å². The normalized spacial score (nSPS) is 11.0.